The Morgan fingerprint density at radius 1 is 1.28 bits per heavy atom. The fraction of sp³-hybridized carbons (Fsp3) is 0.500. The second kappa shape index (κ2) is 8.04. The number of likely N-dealkylation sites (tertiary alicyclic amines) is 1. The molecule has 25 heavy (non-hydrogen) atoms. The van der Waals surface area contributed by atoms with Crippen LogP contribution in [0.15, 0.2) is 30.6 Å². The number of aromatic nitrogens is 4. The van der Waals surface area contributed by atoms with Crippen LogP contribution in [0.25, 0.3) is 5.69 Å². The number of tetrazole rings is 1. The molecule has 1 unspecified atom stereocenters. The van der Waals surface area contributed by atoms with Crippen molar-refractivity contribution in [2.24, 2.45) is 5.92 Å². The van der Waals surface area contributed by atoms with Gasteiger partial charge in [0.1, 0.15) is 12.1 Å². The molecule has 0 aliphatic carbocycles. The van der Waals surface area contributed by atoms with E-state index < -0.39 is 6.10 Å². The number of hydrogen-bond donors (Lipinski definition) is 2. The van der Waals surface area contributed by atoms with Crippen LogP contribution < -0.4 is 4.74 Å². The number of piperidine rings is 1. The van der Waals surface area contributed by atoms with Crippen LogP contribution in [0.1, 0.15) is 12.8 Å². The van der Waals surface area contributed by atoms with Crippen LogP contribution in [0.4, 0.5) is 0 Å². The summed E-state index contributed by atoms with van der Waals surface area (Å²) in [6.45, 7) is 0.879. The van der Waals surface area contributed by atoms with Crippen LogP contribution >= 0.6 is 0 Å². The Bertz CT molecular complexity index is 668. The third-order valence-electron chi connectivity index (χ3n) is 4.44. The van der Waals surface area contributed by atoms with Gasteiger partial charge in [-0.1, -0.05) is 0 Å². The van der Waals surface area contributed by atoms with Gasteiger partial charge in [-0.25, -0.2) is 4.68 Å². The van der Waals surface area contributed by atoms with Crippen LogP contribution in [-0.4, -0.2) is 73.6 Å². The largest absolute Gasteiger partial charge is 0.484 e. The van der Waals surface area contributed by atoms with Gasteiger partial charge in [-0.2, -0.15) is 0 Å². The molecule has 9 heteroatoms. The summed E-state index contributed by atoms with van der Waals surface area (Å²) in [6, 6.07) is 7.12. The topological polar surface area (TPSA) is 114 Å². The summed E-state index contributed by atoms with van der Waals surface area (Å²) in [5.74, 6) is 0.561. The van der Waals surface area contributed by atoms with E-state index >= 15 is 0 Å². The van der Waals surface area contributed by atoms with Crippen molar-refractivity contribution in [3.63, 3.8) is 0 Å². The zero-order valence-electron chi connectivity index (χ0n) is 13.7. The van der Waals surface area contributed by atoms with Crippen molar-refractivity contribution in [3.05, 3.63) is 30.6 Å². The molecule has 2 N–H and O–H groups in total. The molecule has 1 fully saturated rings. The molecule has 2 heterocycles. The molecule has 0 saturated carbocycles. The molecule has 134 valence electrons. The van der Waals surface area contributed by atoms with E-state index in [-0.39, 0.29) is 25.0 Å². The van der Waals surface area contributed by atoms with E-state index in [1.165, 1.54) is 11.0 Å². The molecular weight excluding hydrogens is 326 g/mol. The number of ether oxygens (including phenoxy) is 1. The molecule has 0 bridgehead atoms. The summed E-state index contributed by atoms with van der Waals surface area (Å²) < 4.78 is 7.07. The molecule has 1 aliphatic heterocycles. The van der Waals surface area contributed by atoms with Crippen LogP contribution in [0.2, 0.25) is 0 Å². The van der Waals surface area contributed by atoms with Crippen molar-refractivity contribution in [2.75, 3.05) is 26.3 Å². The number of nitrogens with zero attached hydrogens (tertiary/aromatic N) is 5. The summed E-state index contributed by atoms with van der Waals surface area (Å²) in [5.41, 5.74) is 0.799. The minimum Gasteiger partial charge on any atom is -0.484 e. The summed E-state index contributed by atoms with van der Waals surface area (Å²) in [5, 5.41) is 29.6. The van der Waals surface area contributed by atoms with Gasteiger partial charge in [-0.05, 0) is 53.5 Å². The predicted molar refractivity (Wildman–Crippen MR) is 87.0 cm³/mol. The van der Waals surface area contributed by atoms with Gasteiger partial charge < -0.3 is 19.8 Å². The Balaban J connectivity index is 1.46. The molecule has 9 nitrogen and oxygen atoms in total. The summed E-state index contributed by atoms with van der Waals surface area (Å²) in [7, 11) is 0. The number of benzene rings is 1. The highest BCUT2D eigenvalue weighted by Crippen LogP contribution is 2.21. The number of aliphatic hydroxyl groups is 2. The van der Waals surface area contributed by atoms with Gasteiger partial charge in [0.15, 0.2) is 6.61 Å². The van der Waals surface area contributed by atoms with Crippen molar-refractivity contribution in [1.82, 2.24) is 25.1 Å². The molecular formula is C16H21N5O4. The van der Waals surface area contributed by atoms with Crippen LogP contribution in [-0.2, 0) is 4.79 Å². The van der Waals surface area contributed by atoms with Gasteiger partial charge >= 0.3 is 0 Å². The van der Waals surface area contributed by atoms with Gasteiger partial charge in [-0.15, -0.1) is 5.10 Å². The number of rotatable bonds is 6. The zero-order valence-corrected chi connectivity index (χ0v) is 13.7. The van der Waals surface area contributed by atoms with Gasteiger partial charge in [0.2, 0.25) is 0 Å². The minimum absolute atomic E-state index is 0.0303. The van der Waals surface area contributed by atoms with E-state index in [9.17, 15) is 9.90 Å². The molecule has 0 radical (unpaired) electrons. The quantitative estimate of drug-likeness (QED) is 0.733. The maximum Gasteiger partial charge on any atom is 0.260 e. The van der Waals surface area contributed by atoms with Crippen molar-refractivity contribution in [3.8, 4) is 11.4 Å². The first kappa shape index (κ1) is 17.3. The highest BCUT2D eigenvalue weighted by molar-refractivity contribution is 5.77. The fourth-order valence-electron chi connectivity index (χ4n) is 2.89. The van der Waals surface area contributed by atoms with Gasteiger partial charge in [0.05, 0.1) is 18.4 Å². The monoisotopic (exact) mass is 347 g/mol. The first-order valence-electron chi connectivity index (χ1n) is 8.20. The highest BCUT2D eigenvalue weighted by Gasteiger charge is 2.27. The lowest BCUT2D eigenvalue weighted by molar-refractivity contribution is -0.135. The Labute approximate surface area is 144 Å². The molecule has 3 rings (SSSR count). The van der Waals surface area contributed by atoms with Crippen LogP contribution in [0, 0.1) is 5.92 Å². The summed E-state index contributed by atoms with van der Waals surface area (Å²) in [4.78, 5) is 14.0. The number of aliphatic hydroxyl groups excluding tert-OH is 2. The SMILES string of the molecule is O=C(COc1ccc(-n2cnnn2)cc1)N1CCC(C(O)CO)CC1. The van der Waals surface area contributed by atoms with E-state index in [0.29, 0.717) is 31.7 Å². The first-order chi connectivity index (χ1) is 12.2. The average molecular weight is 347 g/mol. The smallest absolute Gasteiger partial charge is 0.260 e. The Kier molecular flexibility index (Phi) is 5.56. The Hall–Kier alpha value is -2.52. The normalized spacial score (nSPS) is 16.6. The standard InChI is InChI=1S/C16H21N5O4/c22-9-15(23)12-5-7-20(8-6-12)16(24)10-25-14-3-1-13(2-4-14)21-11-17-18-19-21/h1-4,11-12,15,22-23H,5-10H2. The zero-order chi connectivity index (χ0) is 17.6. The second-order valence-corrected chi connectivity index (χ2v) is 6.01. The maximum atomic E-state index is 12.2. The molecule has 2 aromatic rings. The minimum atomic E-state index is -0.702. The lowest BCUT2D eigenvalue weighted by atomic mass is 9.91. The lowest BCUT2D eigenvalue weighted by Crippen LogP contribution is -2.43. The van der Waals surface area contributed by atoms with Crippen molar-refractivity contribution < 1.29 is 19.7 Å². The number of amides is 1. The van der Waals surface area contributed by atoms with Gasteiger partial charge in [0.25, 0.3) is 5.91 Å². The number of carbonyl (C=O) groups excluding carboxylic acids is 1. The fourth-order valence-corrected chi connectivity index (χ4v) is 2.89. The first-order valence-corrected chi connectivity index (χ1v) is 8.20. The van der Waals surface area contributed by atoms with Gasteiger partial charge in [0, 0.05) is 13.1 Å². The van der Waals surface area contributed by atoms with Crippen LogP contribution in [0.3, 0.4) is 0 Å². The maximum absolute atomic E-state index is 12.2. The molecule has 1 aromatic carbocycles. The van der Waals surface area contributed by atoms with E-state index in [2.05, 4.69) is 15.5 Å². The molecule has 1 saturated heterocycles. The Morgan fingerprint density at radius 3 is 2.60 bits per heavy atom. The third-order valence-corrected chi connectivity index (χ3v) is 4.44. The number of carbonyl (C=O) groups is 1. The van der Waals surface area contributed by atoms with Gasteiger partial charge in [-0.3, -0.25) is 4.79 Å². The molecule has 1 atom stereocenters. The highest BCUT2D eigenvalue weighted by atomic mass is 16.5. The summed E-state index contributed by atoms with van der Waals surface area (Å²) in [6.07, 6.45) is 2.17. The molecule has 0 spiro atoms. The third kappa shape index (κ3) is 4.31. The van der Waals surface area contributed by atoms with Crippen molar-refractivity contribution >= 4 is 5.91 Å². The molecule has 1 amide bonds. The lowest BCUT2D eigenvalue weighted by Gasteiger charge is -2.33. The summed E-state index contributed by atoms with van der Waals surface area (Å²) >= 11 is 0. The number of hydrogen-bond acceptors (Lipinski definition) is 7. The van der Waals surface area contributed by atoms with E-state index in [0.717, 1.165) is 5.69 Å². The van der Waals surface area contributed by atoms with E-state index in [4.69, 9.17) is 9.84 Å². The van der Waals surface area contributed by atoms with Crippen molar-refractivity contribution in [1.29, 1.82) is 0 Å². The van der Waals surface area contributed by atoms with E-state index in [1.54, 1.807) is 29.2 Å². The second-order valence-electron chi connectivity index (χ2n) is 6.01. The van der Waals surface area contributed by atoms with Crippen LogP contribution in [0.5, 0.6) is 5.75 Å². The van der Waals surface area contributed by atoms with E-state index in [1.807, 2.05) is 0 Å². The van der Waals surface area contributed by atoms with Crippen molar-refractivity contribution in [2.45, 2.75) is 18.9 Å². The Morgan fingerprint density at radius 2 is 2.00 bits per heavy atom. The average Bonchev–Trinajstić information content (AvgIpc) is 3.21. The molecule has 1 aliphatic rings. The molecule has 1 aromatic heterocycles. The predicted octanol–water partition coefficient (Wildman–Crippen LogP) is -0.367.